The molecule has 4 nitrogen and oxygen atoms in total. The molecule has 2 aliphatic carbocycles. The average molecular weight is 495 g/mol. The van der Waals surface area contributed by atoms with Crippen molar-refractivity contribution in [3.8, 4) is 11.5 Å². The van der Waals surface area contributed by atoms with E-state index in [4.69, 9.17) is 0 Å². The predicted octanol–water partition coefficient (Wildman–Crippen LogP) is 7.55. The summed E-state index contributed by atoms with van der Waals surface area (Å²) in [5.41, 5.74) is 0.822. The topological polar surface area (TPSA) is 44.2 Å². The zero-order chi connectivity index (χ0) is 25.1. The van der Waals surface area contributed by atoms with E-state index in [0.717, 1.165) is 61.9 Å². The van der Waals surface area contributed by atoms with Gasteiger partial charge in [-0.3, -0.25) is 0 Å². The fourth-order valence-corrected chi connectivity index (χ4v) is 4.93. The second-order valence-corrected chi connectivity index (χ2v) is 9.12. The molecule has 188 valence electrons. The molecular formula is C26H27F5N2O2. The van der Waals surface area contributed by atoms with E-state index in [9.17, 15) is 22.0 Å². The third-order valence-corrected chi connectivity index (χ3v) is 6.83. The Hall–Kier alpha value is -2.97. The van der Waals surface area contributed by atoms with E-state index in [1.54, 1.807) is 0 Å². The van der Waals surface area contributed by atoms with Crippen molar-refractivity contribution in [3.63, 3.8) is 0 Å². The first-order valence-electron chi connectivity index (χ1n) is 11.7. The Bertz CT molecular complexity index is 1010. The van der Waals surface area contributed by atoms with E-state index in [-0.39, 0.29) is 11.7 Å². The van der Waals surface area contributed by atoms with Gasteiger partial charge in [-0.1, -0.05) is 18.2 Å². The Balaban J connectivity index is 1.32. The van der Waals surface area contributed by atoms with Crippen molar-refractivity contribution in [1.29, 1.82) is 0 Å². The molecule has 2 unspecified atom stereocenters. The lowest BCUT2D eigenvalue weighted by atomic mass is 9.71. The lowest BCUT2D eigenvalue weighted by molar-refractivity contribution is -0.274. The fraction of sp³-hybridized carbons (Fsp3) is 0.462. The fourth-order valence-electron chi connectivity index (χ4n) is 4.93. The highest BCUT2D eigenvalue weighted by Gasteiger charge is 2.39. The highest BCUT2D eigenvalue weighted by atomic mass is 19.4. The molecular weight excluding hydrogens is 467 g/mol. The highest BCUT2D eigenvalue weighted by molar-refractivity contribution is 5.31. The van der Waals surface area contributed by atoms with E-state index < -0.39 is 24.0 Å². The SMILES string of the molecule is C=CC1C=CC(C2CCC(c3cnc(C(F)(F)Oc4ccc(OC(F)(F)F)cc4)nc3)CC2)CC1. The van der Waals surface area contributed by atoms with Gasteiger partial charge in [-0.25, -0.2) is 9.97 Å². The minimum atomic E-state index is -4.87. The molecule has 0 radical (unpaired) electrons. The van der Waals surface area contributed by atoms with Crippen LogP contribution in [0, 0.1) is 17.8 Å². The van der Waals surface area contributed by atoms with Crippen LogP contribution in [-0.2, 0) is 6.11 Å². The van der Waals surface area contributed by atoms with Crippen molar-refractivity contribution in [2.75, 3.05) is 0 Å². The maximum atomic E-state index is 14.5. The van der Waals surface area contributed by atoms with Crippen LogP contribution in [-0.4, -0.2) is 16.3 Å². The minimum absolute atomic E-state index is 0.226. The third kappa shape index (κ3) is 6.58. The van der Waals surface area contributed by atoms with Gasteiger partial charge in [-0.2, -0.15) is 8.78 Å². The molecule has 1 saturated carbocycles. The molecule has 0 aliphatic heterocycles. The lowest BCUT2D eigenvalue weighted by Gasteiger charge is -2.34. The van der Waals surface area contributed by atoms with Gasteiger partial charge < -0.3 is 9.47 Å². The summed E-state index contributed by atoms with van der Waals surface area (Å²) >= 11 is 0. The third-order valence-electron chi connectivity index (χ3n) is 6.83. The molecule has 0 spiro atoms. The van der Waals surface area contributed by atoms with E-state index in [1.807, 2.05) is 6.08 Å². The molecule has 0 saturated heterocycles. The normalized spacial score (nSPS) is 25.2. The minimum Gasteiger partial charge on any atom is -0.427 e. The van der Waals surface area contributed by atoms with Crippen LogP contribution in [0.4, 0.5) is 22.0 Å². The number of hydrogen-bond acceptors (Lipinski definition) is 4. The number of aromatic nitrogens is 2. The average Bonchev–Trinajstić information content (AvgIpc) is 2.84. The molecule has 0 N–H and O–H groups in total. The number of benzene rings is 1. The number of halogens is 5. The van der Waals surface area contributed by atoms with Crippen molar-refractivity contribution in [2.45, 2.75) is 56.9 Å². The van der Waals surface area contributed by atoms with E-state index in [0.29, 0.717) is 17.8 Å². The van der Waals surface area contributed by atoms with Crippen LogP contribution in [0.25, 0.3) is 0 Å². The van der Waals surface area contributed by atoms with Gasteiger partial charge in [-0.15, -0.1) is 19.8 Å². The van der Waals surface area contributed by atoms with Gasteiger partial charge in [0.2, 0.25) is 5.82 Å². The quantitative estimate of drug-likeness (QED) is 0.295. The molecule has 1 aromatic carbocycles. The van der Waals surface area contributed by atoms with Gasteiger partial charge in [0, 0.05) is 12.4 Å². The maximum Gasteiger partial charge on any atom is 0.573 e. The molecule has 1 fully saturated rings. The maximum absolute atomic E-state index is 14.5. The summed E-state index contributed by atoms with van der Waals surface area (Å²) in [5, 5.41) is 0. The highest BCUT2D eigenvalue weighted by Crippen LogP contribution is 2.42. The number of alkyl halides is 5. The largest absolute Gasteiger partial charge is 0.573 e. The molecule has 4 rings (SSSR count). The number of ether oxygens (including phenoxy) is 2. The Labute approximate surface area is 200 Å². The van der Waals surface area contributed by atoms with Crippen molar-refractivity contribution >= 4 is 0 Å². The Morgan fingerprint density at radius 2 is 1.40 bits per heavy atom. The number of hydrogen-bond donors (Lipinski definition) is 0. The van der Waals surface area contributed by atoms with Crippen LogP contribution in [0.3, 0.4) is 0 Å². The molecule has 0 bridgehead atoms. The summed E-state index contributed by atoms with van der Waals surface area (Å²) in [6.07, 6.45) is 7.08. The Kier molecular flexibility index (Phi) is 7.42. The molecule has 35 heavy (non-hydrogen) atoms. The first-order valence-corrected chi connectivity index (χ1v) is 11.7. The summed E-state index contributed by atoms with van der Waals surface area (Å²) in [6.45, 7) is 3.86. The molecule has 2 atom stereocenters. The van der Waals surface area contributed by atoms with E-state index in [1.165, 1.54) is 18.8 Å². The second-order valence-electron chi connectivity index (χ2n) is 9.12. The van der Waals surface area contributed by atoms with Crippen molar-refractivity contribution in [2.24, 2.45) is 17.8 Å². The molecule has 2 aromatic rings. The zero-order valence-corrected chi connectivity index (χ0v) is 19.1. The van der Waals surface area contributed by atoms with Crippen molar-refractivity contribution in [1.82, 2.24) is 9.97 Å². The standard InChI is InChI=1S/C26H27F5N2O2/c1-2-17-3-5-18(6-4-17)19-7-9-20(10-8-19)21-15-32-24(33-16-21)25(27,28)34-22-11-13-23(14-12-22)35-26(29,30)31/h2-3,5,11-20H,1,4,6-10H2. The number of rotatable bonds is 7. The summed E-state index contributed by atoms with van der Waals surface area (Å²) < 4.78 is 74.1. The molecule has 9 heteroatoms. The van der Waals surface area contributed by atoms with Gasteiger partial charge in [0.15, 0.2) is 0 Å². The first-order chi connectivity index (χ1) is 16.6. The first kappa shape index (κ1) is 25.1. The van der Waals surface area contributed by atoms with Crippen LogP contribution >= 0.6 is 0 Å². The number of allylic oxidation sites excluding steroid dienone is 3. The Morgan fingerprint density at radius 3 is 1.91 bits per heavy atom. The summed E-state index contributed by atoms with van der Waals surface area (Å²) in [6, 6.07) is 3.70. The predicted molar refractivity (Wildman–Crippen MR) is 120 cm³/mol. The molecule has 1 heterocycles. The van der Waals surface area contributed by atoms with Gasteiger partial charge in [0.25, 0.3) is 0 Å². The van der Waals surface area contributed by atoms with Crippen LogP contribution < -0.4 is 9.47 Å². The van der Waals surface area contributed by atoms with Gasteiger partial charge in [0.1, 0.15) is 11.5 Å². The summed E-state index contributed by atoms with van der Waals surface area (Å²) in [7, 11) is 0. The van der Waals surface area contributed by atoms with Crippen molar-refractivity contribution < 1.29 is 31.4 Å². The lowest BCUT2D eigenvalue weighted by Crippen LogP contribution is -2.25. The van der Waals surface area contributed by atoms with Crippen molar-refractivity contribution in [3.05, 3.63) is 72.9 Å². The smallest absolute Gasteiger partial charge is 0.427 e. The Morgan fingerprint density at radius 1 is 0.800 bits per heavy atom. The second kappa shape index (κ2) is 10.3. The number of nitrogens with zero attached hydrogens (tertiary/aromatic N) is 2. The van der Waals surface area contributed by atoms with Crippen LogP contribution in [0.5, 0.6) is 11.5 Å². The summed E-state index contributed by atoms with van der Waals surface area (Å²) in [4.78, 5) is 7.67. The molecule has 0 amide bonds. The molecule has 2 aliphatic rings. The van der Waals surface area contributed by atoms with E-state index >= 15 is 0 Å². The van der Waals surface area contributed by atoms with Gasteiger partial charge in [0.05, 0.1) is 0 Å². The van der Waals surface area contributed by atoms with Crippen LogP contribution in [0.15, 0.2) is 61.5 Å². The van der Waals surface area contributed by atoms with Gasteiger partial charge >= 0.3 is 12.5 Å². The van der Waals surface area contributed by atoms with Gasteiger partial charge in [-0.05, 0) is 92.0 Å². The zero-order valence-electron chi connectivity index (χ0n) is 19.1. The monoisotopic (exact) mass is 494 g/mol. The molecule has 1 aromatic heterocycles. The summed E-state index contributed by atoms with van der Waals surface area (Å²) in [5.74, 6) is 0.243. The van der Waals surface area contributed by atoms with Crippen LogP contribution in [0.2, 0.25) is 0 Å². The van der Waals surface area contributed by atoms with E-state index in [2.05, 4.69) is 38.2 Å². The van der Waals surface area contributed by atoms with Crippen LogP contribution in [0.1, 0.15) is 55.8 Å².